The number of rotatable bonds is 23. The van der Waals surface area contributed by atoms with Crippen molar-refractivity contribution in [1.82, 2.24) is 0 Å². The zero-order valence-corrected chi connectivity index (χ0v) is 19.7. The summed E-state index contributed by atoms with van der Waals surface area (Å²) in [7, 11) is 0. The van der Waals surface area contributed by atoms with Gasteiger partial charge in [0.1, 0.15) is 5.78 Å². The SMILES string of the molecule is CCCCCCCCCCCCCCCCCCC[C@H](C)CC(=O)CCC(=O)O. The molecule has 0 unspecified atom stereocenters. The maximum atomic E-state index is 11.7. The minimum Gasteiger partial charge on any atom is -0.481 e. The van der Waals surface area contributed by atoms with E-state index in [1.54, 1.807) is 0 Å². The first-order valence-corrected chi connectivity index (χ1v) is 12.8. The van der Waals surface area contributed by atoms with Gasteiger partial charge in [-0.1, -0.05) is 129 Å². The summed E-state index contributed by atoms with van der Waals surface area (Å²) < 4.78 is 0. The molecule has 0 bridgehead atoms. The lowest BCUT2D eigenvalue weighted by Crippen LogP contribution is -2.08. The van der Waals surface area contributed by atoms with Gasteiger partial charge in [0.25, 0.3) is 0 Å². The highest BCUT2D eigenvalue weighted by atomic mass is 16.4. The van der Waals surface area contributed by atoms with Gasteiger partial charge in [-0.2, -0.15) is 0 Å². The van der Waals surface area contributed by atoms with E-state index in [1.807, 2.05) is 0 Å². The molecule has 29 heavy (non-hydrogen) atoms. The standard InChI is InChI=1S/C26H50O3/c1-3-4-5-6-7-8-9-10-11-12-13-14-15-16-17-18-19-20-24(2)23-25(27)21-22-26(28)29/h24H,3-23H2,1-2H3,(H,28,29)/t24-/m0/s1. The van der Waals surface area contributed by atoms with Crippen LogP contribution in [-0.4, -0.2) is 16.9 Å². The highest BCUT2D eigenvalue weighted by molar-refractivity contribution is 5.82. The molecule has 0 aromatic carbocycles. The highest BCUT2D eigenvalue weighted by Gasteiger charge is 2.10. The molecule has 0 aliphatic carbocycles. The van der Waals surface area contributed by atoms with Crippen LogP contribution in [-0.2, 0) is 9.59 Å². The van der Waals surface area contributed by atoms with E-state index in [0.29, 0.717) is 12.3 Å². The van der Waals surface area contributed by atoms with Crippen molar-refractivity contribution in [1.29, 1.82) is 0 Å². The maximum absolute atomic E-state index is 11.7. The second kappa shape index (κ2) is 21.8. The van der Waals surface area contributed by atoms with Crippen LogP contribution in [0.5, 0.6) is 0 Å². The second-order valence-electron chi connectivity index (χ2n) is 9.19. The molecule has 0 saturated heterocycles. The molecule has 0 aliphatic rings. The average Bonchev–Trinajstić information content (AvgIpc) is 2.68. The molecule has 0 aromatic rings. The Bertz CT molecular complexity index is 378. The Morgan fingerprint density at radius 1 is 0.621 bits per heavy atom. The quantitative estimate of drug-likeness (QED) is 0.172. The van der Waals surface area contributed by atoms with Crippen LogP contribution >= 0.6 is 0 Å². The fourth-order valence-electron chi connectivity index (χ4n) is 4.06. The number of unbranched alkanes of at least 4 members (excludes halogenated alkanes) is 16. The summed E-state index contributed by atoms with van der Waals surface area (Å²) in [6.07, 6.45) is 25.4. The molecule has 0 radical (unpaired) electrons. The first-order valence-electron chi connectivity index (χ1n) is 12.8. The van der Waals surface area contributed by atoms with E-state index >= 15 is 0 Å². The fourth-order valence-corrected chi connectivity index (χ4v) is 4.06. The van der Waals surface area contributed by atoms with Crippen LogP contribution in [0, 0.1) is 5.92 Å². The zero-order valence-electron chi connectivity index (χ0n) is 19.7. The Labute approximate surface area is 181 Å². The Morgan fingerprint density at radius 3 is 1.38 bits per heavy atom. The lowest BCUT2D eigenvalue weighted by molar-refractivity contribution is -0.138. The maximum Gasteiger partial charge on any atom is 0.303 e. The first-order chi connectivity index (χ1) is 14.1. The van der Waals surface area contributed by atoms with Crippen molar-refractivity contribution in [3.8, 4) is 0 Å². The van der Waals surface area contributed by atoms with Gasteiger partial charge in [-0.15, -0.1) is 0 Å². The summed E-state index contributed by atoms with van der Waals surface area (Å²) >= 11 is 0. The third kappa shape index (κ3) is 23.3. The monoisotopic (exact) mass is 410 g/mol. The second-order valence-corrected chi connectivity index (χ2v) is 9.19. The number of carboxylic acid groups (broad SMARTS) is 1. The summed E-state index contributed by atoms with van der Waals surface area (Å²) in [5.74, 6) is -0.376. The van der Waals surface area contributed by atoms with Gasteiger partial charge in [0, 0.05) is 12.8 Å². The van der Waals surface area contributed by atoms with Crippen LogP contribution in [0.1, 0.15) is 149 Å². The van der Waals surface area contributed by atoms with Crippen molar-refractivity contribution >= 4 is 11.8 Å². The number of aliphatic carboxylic acids is 1. The van der Waals surface area contributed by atoms with Crippen LogP contribution in [0.3, 0.4) is 0 Å². The Balaban J connectivity index is 3.21. The van der Waals surface area contributed by atoms with E-state index < -0.39 is 5.97 Å². The van der Waals surface area contributed by atoms with E-state index in [9.17, 15) is 9.59 Å². The molecular weight excluding hydrogens is 360 g/mol. The lowest BCUT2D eigenvalue weighted by Gasteiger charge is -2.10. The fraction of sp³-hybridized carbons (Fsp3) is 0.923. The molecule has 0 amide bonds. The van der Waals surface area contributed by atoms with Crippen LogP contribution in [0.4, 0.5) is 0 Å². The topological polar surface area (TPSA) is 54.4 Å². The Kier molecular flexibility index (Phi) is 21.2. The van der Waals surface area contributed by atoms with Gasteiger partial charge in [-0.3, -0.25) is 9.59 Å². The number of ketones is 1. The van der Waals surface area contributed by atoms with Crippen molar-refractivity contribution in [2.24, 2.45) is 5.92 Å². The number of carbonyl (C=O) groups is 2. The van der Waals surface area contributed by atoms with Gasteiger partial charge < -0.3 is 5.11 Å². The Morgan fingerprint density at radius 2 is 1.00 bits per heavy atom. The number of hydrogen-bond donors (Lipinski definition) is 1. The molecule has 0 rings (SSSR count). The molecule has 0 aliphatic heterocycles. The molecule has 3 nitrogen and oxygen atoms in total. The van der Waals surface area contributed by atoms with Crippen molar-refractivity contribution in [2.45, 2.75) is 149 Å². The van der Waals surface area contributed by atoms with Crippen molar-refractivity contribution in [3.05, 3.63) is 0 Å². The largest absolute Gasteiger partial charge is 0.481 e. The minimum atomic E-state index is -0.876. The number of hydrogen-bond acceptors (Lipinski definition) is 2. The van der Waals surface area contributed by atoms with Gasteiger partial charge >= 0.3 is 5.97 Å². The molecule has 0 heterocycles. The lowest BCUT2D eigenvalue weighted by atomic mass is 9.95. The molecule has 3 heteroatoms. The number of carboxylic acids is 1. The van der Waals surface area contributed by atoms with Crippen molar-refractivity contribution in [3.63, 3.8) is 0 Å². The third-order valence-electron chi connectivity index (χ3n) is 5.99. The minimum absolute atomic E-state index is 0.0231. The molecule has 0 aromatic heterocycles. The van der Waals surface area contributed by atoms with Gasteiger partial charge in [0.05, 0.1) is 6.42 Å². The predicted molar refractivity (Wildman–Crippen MR) is 124 cm³/mol. The molecular formula is C26H50O3. The summed E-state index contributed by atoms with van der Waals surface area (Å²) in [5.41, 5.74) is 0. The van der Waals surface area contributed by atoms with Crippen LogP contribution in [0.15, 0.2) is 0 Å². The summed E-state index contributed by atoms with van der Waals surface area (Å²) in [6.45, 7) is 4.40. The molecule has 0 fully saturated rings. The smallest absolute Gasteiger partial charge is 0.303 e. The van der Waals surface area contributed by atoms with Gasteiger partial charge in [0.2, 0.25) is 0 Å². The summed E-state index contributed by atoms with van der Waals surface area (Å²) in [4.78, 5) is 22.2. The summed E-state index contributed by atoms with van der Waals surface area (Å²) in [5, 5.41) is 8.61. The van der Waals surface area contributed by atoms with E-state index in [-0.39, 0.29) is 18.6 Å². The van der Waals surface area contributed by atoms with E-state index in [4.69, 9.17) is 5.11 Å². The van der Waals surface area contributed by atoms with Gasteiger partial charge in [-0.25, -0.2) is 0 Å². The van der Waals surface area contributed by atoms with Crippen LogP contribution < -0.4 is 0 Å². The van der Waals surface area contributed by atoms with Crippen molar-refractivity contribution < 1.29 is 14.7 Å². The third-order valence-corrected chi connectivity index (χ3v) is 5.99. The van der Waals surface area contributed by atoms with Crippen molar-refractivity contribution in [2.75, 3.05) is 0 Å². The molecule has 0 spiro atoms. The average molecular weight is 411 g/mol. The molecule has 0 saturated carbocycles. The first kappa shape index (κ1) is 28.1. The van der Waals surface area contributed by atoms with Crippen LogP contribution in [0.2, 0.25) is 0 Å². The molecule has 1 atom stereocenters. The summed E-state index contributed by atoms with van der Waals surface area (Å²) in [6, 6.07) is 0. The number of carbonyl (C=O) groups excluding carboxylic acids is 1. The van der Waals surface area contributed by atoms with E-state index in [2.05, 4.69) is 13.8 Å². The molecule has 1 N–H and O–H groups in total. The molecule has 172 valence electrons. The van der Waals surface area contributed by atoms with E-state index in [1.165, 1.54) is 109 Å². The number of Topliss-reactive ketones (excluding diaryl/α,β-unsaturated/α-hetero) is 1. The van der Waals surface area contributed by atoms with Crippen LogP contribution in [0.25, 0.3) is 0 Å². The van der Waals surface area contributed by atoms with Gasteiger partial charge in [-0.05, 0) is 5.92 Å². The predicted octanol–water partition coefficient (Wildman–Crippen LogP) is 8.49. The normalized spacial score (nSPS) is 12.2. The zero-order chi connectivity index (χ0) is 21.6. The van der Waals surface area contributed by atoms with E-state index in [0.717, 1.165) is 6.42 Å². The highest BCUT2D eigenvalue weighted by Crippen LogP contribution is 2.17. The Hall–Kier alpha value is -0.860. The van der Waals surface area contributed by atoms with Gasteiger partial charge in [0.15, 0.2) is 0 Å².